The molecule has 0 atom stereocenters. The van der Waals surface area contributed by atoms with Gasteiger partial charge in [-0.2, -0.15) is 0 Å². The Bertz CT molecular complexity index is 2680. The summed E-state index contributed by atoms with van der Waals surface area (Å²) in [6.45, 7) is 11.7. The lowest BCUT2D eigenvalue weighted by molar-refractivity contribution is 0.0990. The van der Waals surface area contributed by atoms with Crippen LogP contribution in [0.1, 0.15) is 68.8 Å². The van der Waals surface area contributed by atoms with Gasteiger partial charge in [-0.05, 0) is 140 Å². The normalized spacial score (nSPS) is 13.1. The fraction of sp³-hybridized carbons (Fsp3) is 0.0800. The summed E-state index contributed by atoms with van der Waals surface area (Å²) in [7, 11) is 0. The second kappa shape index (κ2) is 13.9. The van der Waals surface area contributed by atoms with Crippen molar-refractivity contribution in [1.82, 2.24) is 0 Å². The molecular formula is C50H39NO2. The Balaban J connectivity index is 0.00000197. The quantitative estimate of drug-likeness (QED) is 0.129. The molecule has 2 aliphatic carbocycles. The average Bonchev–Trinajstić information content (AvgIpc) is 3.43. The summed E-state index contributed by atoms with van der Waals surface area (Å²) in [5.74, 6) is -0.524. The smallest absolute Gasteiger partial charge is 0.197 e. The lowest BCUT2D eigenvalue weighted by Gasteiger charge is -2.27. The summed E-state index contributed by atoms with van der Waals surface area (Å²) in [5, 5.41) is 6.90. The molecule has 0 amide bonds. The minimum atomic E-state index is -0.262. The Labute approximate surface area is 310 Å². The van der Waals surface area contributed by atoms with Gasteiger partial charge in [-0.25, -0.2) is 0 Å². The maximum atomic E-state index is 13.4. The molecule has 7 aromatic carbocycles. The molecule has 0 aromatic heterocycles. The molecule has 3 nitrogen and oxygen atoms in total. The molecule has 3 heteroatoms. The third-order valence-corrected chi connectivity index (χ3v) is 10.3. The summed E-state index contributed by atoms with van der Waals surface area (Å²) in [4.78, 5) is 29.1. The van der Waals surface area contributed by atoms with Crippen molar-refractivity contribution in [2.24, 2.45) is 0 Å². The van der Waals surface area contributed by atoms with Crippen LogP contribution in [-0.4, -0.2) is 11.6 Å². The van der Waals surface area contributed by atoms with Crippen LogP contribution in [0.25, 0.3) is 56.6 Å². The SMILES string of the molecule is C=Cc1cc2c(cc1C=C)C(=O)C(=Cc1ccc3cc(N(c4ccc5ccccc5c4)c4ccc5cc6c(cc5c4)C=CCC6)ccc3c1)C2=O.CC. The van der Waals surface area contributed by atoms with Crippen LogP contribution >= 0.6 is 0 Å². The lowest BCUT2D eigenvalue weighted by Crippen LogP contribution is -2.10. The van der Waals surface area contributed by atoms with Crippen molar-refractivity contribution >= 4 is 85.3 Å². The first-order chi connectivity index (χ1) is 26.0. The van der Waals surface area contributed by atoms with Gasteiger partial charge in [0.2, 0.25) is 0 Å². The minimum Gasteiger partial charge on any atom is -0.310 e. The first-order valence-electron chi connectivity index (χ1n) is 18.3. The van der Waals surface area contributed by atoms with Crippen LogP contribution in [0.4, 0.5) is 17.1 Å². The molecule has 0 fully saturated rings. The van der Waals surface area contributed by atoms with Crippen molar-refractivity contribution in [3.05, 3.63) is 185 Å². The highest BCUT2D eigenvalue weighted by Crippen LogP contribution is 2.40. The summed E-state index contributed by atoms with van der Waals surface area (Å²) in [6.07, 6.45) is 11.7. The van der Waals surface area contributed by atoms with Gasteiger partial charge in [0.15, 0.2) is 11.6 Å². The van der Waals surface area contributed by atoms with Crippen molar-refractivity contribution in [3.8, 4) is 0 Å². The van der Waals surface area contributed by atoms with Crippen LogP contribution in [0.15, 0.2) is 146 Å². The number of nitrogens with zero attached hydrogens (tertiary/aromatic N) is 1. The number of aryl methyl sites for hydroxylation is 1. The Hall–Kier alpha value is -6.58. The fourth-order valence-corrected chi connectivity index (χ4v) is 7.61. The Morgan fingerprint density at radius 1 is 0.566 bits per heavy atom. The van der Waals surface area contributed by atoms with Gasteiger partial charge in [0.25, 0.3) is 0 Å². The summed E-state index contributed by atoms with van der Waals surface area (Å²) >= 11 is 0. The molecule has 0 heterocycles. The van der Waals surface area contributed by atoms with Crippen molar-refractivity contribution in [3.63, 3.8) is 0 Å². The molecule has 7 aromatic rings. The van der Waals surface area contributed by atoms with Gasteiger partial charge in [0.05, 0.1) is 5.57 Å². The number of hydrogen-bond acceptors (Lipinski definition) is 3. The number of hydrogen-bond donors (Lipinski definition) is 0. The van der Waals surface area contributed by atoms with E-state index in [9.17, 15) is 9.59 Å². The molecule has 0 spiro atoms. The van der Waals surface area contributed by atoms with E-state index in [0.717, 1.165) is 57.4 Å². The number of benzene rings is 7. The first-order valence-corrected chi connectivity index (χ1v) is 18.3. The third-order valence-electron chi connectivity index (χ3n) is 10.3. The van der Waals surface area contributed by atoms with E-state index >= 15 is 0 Å². The predicted molar refractivity (Wildman–Crippen MR) is 226 cm³/mol. The molecule has 0 radical (unpaired) electrons. The van der Waals surface area contributed by atoms with E-state index in [2.05, 4.69) is 127 Å². The van der Waals surface area contributed by atoms with Gasteiger partial charge in [0, 0.05) is 28.2 Å². The summed E-state index contributed by atoms with van der Waals surface area (Å²) in [6, 6.07) is 42.5. The Kier molecular flexibility index (Phi) is 8.77. The van der Waals surface area contributed by atoms with E-state index in [0.29, 0.717) is 11.1 Å². The minimum absolute atomic E-state index is 0.174. The van der Waals surface area contributed by atoms with Crippen molar-refractivity contribution < 1.29 is 9.59 Å². The molecule has 9 rings (SSSR count). The molecule has 0 saturated heterocycles. The molecule has 256 valence electrons. The highest BCUT2D eigenvalue weighted by atomic mass is 16.2. The highest BCUT2D eigenvalue weighted by molar-refractivity contribution is 6.41. The van der Waals surface area contributed by atoms with Gasteiger partial charge in [-0.15, -0.1) is 0 Å². The number of Topliss-reactive ketones (excluding diaryl/α,β-unsaturated/α-hetero) is 2. The van der Waals surface area contributed by atoms with Crippen molar-refractivity contribution in [2.75, 3.05) is 4.90 Å². The molecule has 2 aliphatic rings. The van der Waals surface area contributed by atoms with Gasteiger partial charge in [-0.1, -0.05) is 112 Å². The van der Waals surface area contributed by atoms with E-state index in [1.165, 1.54) is 32.7 Å². The van der Waals surface area contributed by atoms with Crippen molar-refractivity contribution in [2.45, 2.75) is 26.7 Å². The van der Waals surface area contributed by atoms with Crippen LogP contribution in [0, 0.1) is 0 Å². The number of anilines is 3. The zero-order chi connectivity index (χ0) is 36.6. The number of fused-ring (bicyclic) bond motifs is 5. The molecule has 0 bridgehead atoms. The topological polar surface area (TPSA) is 37.4 Å². The van der Waals surface area contributed by atoms with Crippen molar-refractivity contribution in [1.29, 1.82) is 0 Å². The van der Waals surface area contributed by atoms with Crippen LogP contribution in [0.3, 0.4) is 0 Å². The molecule has 0 saturated carbocycles. The van der Waals surface area contributed by atoms with E-state index in [4.69, 9.17) is 0 Å². The maximum absolute atomic E-state index is 13.4. The van der Waals surface area contributed by atoms with Crippen LogP contribution in [-0.2, 0) is 6.42 Å². The largest absolute Gasteiger partial charge is 0.310 e. The highest BCUT2D eigenvalue weighted by Gasteiger charge is 2.33. The molecule has 0 unspecified atom stereocenters. The van der Waals surface area contributed by atoms with Gasteiger partial charge >= 0.3 is 0 Å². The van der Waals surface area contributed by atoms with E-state index in [-0.39, 0.29) is 17.1 Å². The fourth-order valence-electron chi connectivity index (χ4n) is 7.61. The molecule has 0 N–H and O–H groups in total. The van der Waals surface area contributed by atoms with Gasteiger partial charge < -0.3 is 4.90 Å². The van der Waals surface area contributed by atoms with Crippen LogP contribution in [0.2, 0.25) is 0 Å². The lowest BCUT2D eigenvalue weighted by atomic mass is 9.93. The monoisotopic (exact) mass is 685 g/mol. The standard InChI is InChI=1S/C48H33NO2.C2H6/c1-3-31-28-44-45(29-32(31)4-2)48(51)46(47(44)50)22-30-13-14-39-26-42(19-16-37(39)21-30)49(41-18-15-33-9-5-6-12-36(33)25-41)43-20-17-38-23-34-10-7-8-11-35(34)24-40(38)27-43;1-2/h3-6,8-9,11-29H,1-2,7,10H2;1-2H3. The Morgan fingerprint density at radius 2 is 1.09 bits per heavy atom. The summed E-state index contributed by atoms with van der Waals surface area (Å²) in [5.41, 5.74) is 9.25. The average molecular weight is 686 g/mol. The number of carbonyl (C=O) groups excluding carboxylic acids is 2. The second-order valence-corrected chi connectivity index (χ2v) is 13.3. The number of rotatable bonds is 6. The van der Waals surface area contributed by atoms with Crippen LogP contribution < -0.4 is 4.90 Å². The second-order valence-electron chi connectivity index (χ2n) is 13.3. The first kappa shape index (κ1) is 33.6. The Morgan fingerprint density at radius 3 is 1.74 bits per heavy atom. The third kappa shape index (κ3) is 6.00. The maximum Gasteiger partial charge on any atom is 0.197 e. The number of allylic oxidation sites excluding steroid dienone is 2. The van der Waals surface area contributed by atoms with E-state index in [1.54, 1.807) is 30.4 Å². The predicted octanol–water partition coefficient (Wildman–Crippen LogP) is 13.4. The zero-order valence-corrected chi connectivity index (χ0v) is 30.0. The van der Waals surface area contributed by atoms with E-state index in [1.807, 2.05) is 26.0 Å². The molecular weight excluding hydrogens is 647 g/mol. The summed E-state index contributed by atoms with van der Waals surface area (Å²) < 4.78 is 0. The van der Waals surface area contributed by atoms with Crippen LogP contribution in [0.5, 0.6) is 0 Å². The van der Waals surface area contributed by atoms with Gasteiger partial charge in [0.1, 0.15) is 0 Å². The number of ketones is 2. The molecule has 0 aliphatic heterocycles. The van der Waals surface area contributed by atoms with Gasteiger partial charge in [-0.3, -0.25) is 9.59 Å². The number of carbonyl (C=O) groups is 2. The molecule has 53 heavy (non-hydrogen) atoms. The van der Waals surface area contributed by atoms with E-state index < -0.39 is 0 Å². The zero-order valence-electron chi connectivity index (χ0n) is 30.0.